The molecule has 158 valence electrons. The highest BCUT2D eigenvalue weighted by Gasteiger charge is 2.09. The lowest BCUT2D eigenvalue weighted by Crippen LogP contribution is -2.40. The van der Waals surface area contributed by atoms with Crippen molar-refractivity contribution >= 4 is 11.9 Å². The molecular weight excluding hydrogens is 364 g/mol. The highest BCUT2D eigenvalue weighted by atomic mass is 16.1. The number of rotatable bonds is 9. The fourth-order valence-electron chi connectivity index (χ4n) is 2.97. The van der Waals surface area contributed by atoms with Crippen LogP contribution in [-0.4, -0.2) is 40.8 Å². The van der Waals surface area contributed by atoms with Crippen LogP contribution in [0.4, 0.5) is 0 Å². The smallest absolute Gasteiger partial charge is 0.221 e. The Labute approximate surface area is 174 Å². The third-order valence-electron chi connectivity index (χ3n) is 4.65. The molecule has 1 unspecified atom stereocenters. The van der Waals surface area contributed by atoms with Crippen LogP contribution in [0.3, 0.4) is 0 Å². The number of aryl methyl sites for hydroxylation is 2. The predicted octanol–water partition coefficient (Wildman–Crippen LogP) is 2.85. The second-order valence-electron chi connectivity index (χ2n) is 7.22. The molecule has 0 saturated carbocycles. The van der Waals surface area contributed by atoms with Crippen molar-refractivity contribution < 1.29 is 4.79 Å². The number of carbonyl (C=O) groups is 1. The van der Waals surface area contributed by atoms with Gasteiger partial charge >= 0.3 is 0 Å². The monoisotopic (exact) mass is 398 g/mol. The molecular formula is C22H34N6O. The van der Waals surface area contributed by atoms with Crippen LogP contribution in [0.1, 0.15) is 50.6 Å². The first-order valence-corrected chi connectivity index (χ1v) is 10.4. The van der Waals surface area contributed by atoms with Crippen molar-refractivity contribution in [2.24, 2.45) is 4.99 Å². The summed E-state index contributed by atoms with van der Waals surface area (Å²) in [4.78, 5) is 16.6. The maximum atomic E-state index is 11.9. The topological polar surface area (TPSA) is 83.3 Å². The maximum absolute atomic E-state index is 11.9. The number of aliphatic imine (C=N–C) groups is 1. The normalized spacial score (nSPS) is 12.5. The first kappa shape index (κ1) is 22.5. The van der Waals surface area contributed by atoms with Gasteiger partial charge in [0.1, 0.15) is 0 Å². The molecule has 3 N–H and O–H groups in total. The van der Waals surface area contributed by atoms with Crippen molar-refractivity contribution in [1.82, 2.24) is 25.7 Å². The molecule has 0 aliphatic rings. The zero-order valence-corrected chi connectivity index (χ0v) is 18.2. The molecule has 0 saturated heterocycles. The molecule has 0 aliphatic heterocycles. The minimum Gasteiger partial charge on any atom is -0.357 e. The molecule has 2 rings (SSSR count). The minimum atomic E-state index is 0.0533. The second-order valence-corrected chi connectivity index (χ2v) is 7.22. The Bertz CT molecular complexity index is 826. The number of benzene rings is 1. The highest BCUT2D eigenvalue weighted by Crippen LogP contribution is 2.17. The van der Waals surface area contributed by atoms with Gasteiger partial charge < -0.3 is 16.0 Å². The first-order chi connectivity index (χ1) is 13.9. The Kier molecular flexibility index (Phi) is 8.70. The molecule has 1 aromatic heterocycles. The predicted molar refractivity (Wildman–Crippen MR) is 118 cm³/mol. The van der Waals surface area contributed by atoms with Crippen LogP contribution in [0.2, 0.25) is 0 Å². The zero-order valence-electron chi connectivity index (χ0n) is 18.2. The van der Waals surface area contributed by atoms with Gasteiger partial charge in [0, 0.05) is 31.2 Å². The molecule has 1 atom stereocenters. The Balaban J connectivity index is 2.03. The lowest BCUT2D eigenvalue weighted by molar-refractivity contribution is -0.121. The number of amides is 1. The van der Waals surface area contributed by atoms with E-state index in [9.17, 15) is 4.79 Å². The van der Waals surface area contributed by atoms with Crippen LogP contribution >= 0.6 is 0 Å². The van der Waals surface area contributed by atoms with Gasteiger partial charge in [0.15, 0.2) is 5.96 Å². The molecule has 0 spiro atoms. The molecule has 7 heteroatoms. The Morgan fingerprint density at radius 3 is 2.62 bits per heavy atom. The van der Waals surface area contributed by atoms with E-state index in [1.807, 2.05) is 37.6 Å². The number of hydrogen-bond donors (Lipinski definition) is 3. The van der Waals surface area contributed by atoms with Gasteiger partial charge in [-0.2, -0.15) is 5.10 Å². The number of aromatic nitrogens is 2. The Morgan fingerprint density at radius 2 is 1.97 bits per heavy atom. The van der Waals surface area contributed by atoms with Gasteiger partial charge in [-0.25, -0.2) is 9.67 Å². The van der Waals surface area contributed by atoms with Crippen LogP contribution < -0.4 is 16.0 Å². The average molecular weight is 399 g/mol. The SMILES string of the molecule is CCNC(=NCc1ccccc1-n1nc(C)cc1C)NCCC(=O)NC(C)CC. The molecule has 0 fully saturated rings. The fourth-order valence-corrected chi connectivity index (χ4v) is 2.97. The molecule has 1 aromatic carbocycles. The van der Waals surface area contributed by atoms with Gasteiger partial charge in [-0.05, 0) is 51.8 Å². The number of hydrogen-bond acceptors (Lipinski definition) is 3. The van der Waals surface area contributed by atoms with Crippen LogP contribution in [0.15, 0.2) is 35.3 Å². The summed E-state index contributed by atoms with van der Waals surface area (Å²) in [7, 11) is 0. The summed E-state index contributed by atoms with van der Waals surface area (Å²) in [6, 6.07) is 10.4. The van der Waals surface area contributed by atoms with Crippen LogP contribution in [0.5, 0.6) is 0 Å². The van der Waals surface area contributed by atoms with Crippen molar-refractivity contribution in [2.75, 3.05) is 13.1 Å². The summed E-state index contributed by atoms with van der Waals surface area (Å²) in [6.07, 6.45) is 1.34. The number of nitrogens with zero attached hydrogens (tertiary/aromatic N) is 3. The van der Waals surface area contributed by atoms with E-state index < -0.39 is 0 Å². The third kappa shape index (κ3) is 6.93. The third-order valence-corrected chi connectivity index (χ3v) is 4.65. The highest BCUT2D eigenvalue weighted by molar-refractivity contribution is 5.81. The van der Waals surface area contributed by atoms with Gasteiger partial charge in [0.25, 0.3) is 0 Å². The quantitative estimate of drug-likeness (QED) is 0.448. The van der Waals surface area contributed by atoms with E-state index in [2.05, 4.69) is 53.1 Å². The number of guanidine groups is 1. The number of para-hydroxylation sites is 1. The van der Waals surface area contributed by atoms with Gasteiger partial charge in [-0.1, -0.05) is 25.1 Å². The standard InChI is InChI=1S/C22H34N6O/c1-6-16(3)26-21(29)12-13-24-22(23-7-2)25-15-19-10-8-9-11-20(19)28-18(5)14-17(4)27-28/h8-11,14,16H,6-7,12-13,15H2,1-5H3,(H,26,29)(H2,23,24,25). The van der Waals surface area contributed by atoms with Crippen molar-refractivity contribution in [1.29, 1.82) is 0 Å². The Morgan fingerprint density at radius 1 is 1.21 bits per heavy atom. The van der Waals surface area contributed by atoms with Crippen LogP contribution in [0.25, 0.3) is 5.69 Å². The van der Waals surface area contributed by atoms with Gasteiger partial charge in [0.05, 0.1) is 17.9 Å². The van der Waals surface area contributed by atoms with E-state index in [-0.39, 0.29) is 11.9 Å². The summed E-state index contributed by atoms with van der Waals surface area (Å²) < 4.78 is 1.96. The maximum Gasteiger partial charge on any atom is 0.221 e. The minimum absolute atomic E-state index is 0.0533. The molecule has 7 nitrogen and oxygen atoms in total. The van der Waals surface area contributed by atoms with Crippen molar-refractivity contribution in [2.45, 2.75) is 60.0 Å². The summed E-state index contributed by atoms with van der Waals surface area (Å²) >= 11 is 0. The molecule has 1 amide bonds. The summed E-state index contributed by atoms with van der Waals surface area (Å²) in [5, 5.41) is 14.1. The van der Waals surface area contributed by atoms with E-state index in [0.717, 1.165) is 35.6 Å². The summed E-state index contributed by atoms with van der Waals surface area (Å²) in [5.41, 5.74) is 4.21. The first-order valence-electron chi connectivity index (χ1n) is 10.4. The van der Waals surface area contributed by atoms with Gasteiger partial charge in [-0.3, -0.25) is 4.79 Å². The largest absolute Gasteiger partial charge is 0.357 e. The van der Waals surface area contributed by atoms with E-state index >= 15 is 0 Å². The Hall–Kier alpha value is -2.83. The van der Waals surface area contributed by atoms with Gasteiger partial charge in [0.2, 0.25) is 5.91 Å². The fraction of sp³-hybridized carbons (Fsp3) is 0.500. The van der Waals surface area contributed by atoms with E-state index in [1.165, 1.54) is 0 Å². The molecule has 0 bridgehead atoms. The molecule has 29 heavy (non-hydrogen) atoms. The molecule has 0 radical (unpaired) electrons. The summed E-state index contributed by atoms with van der Waals surface area (Å²) in [5.74, 6) is 0.754. The van der Waals surface area contributed by atoms with E-state index in [1.54, 1.807) is 0 Å². The lowest BCUT2D eigenvalue weighted by atomic mass is 10.2. The number of nitrogens with one attached hydrogen (secondary N) is 3. The average Bonchev–Trinajstić information content (AvgIpc) is 3.04. The van der Waals surface area contributed by atoms with E-state index in [4.69, 9.17) is 4.99 Å². The van der Waals surface area contributed by atoms with Gasteiger partial charge in [-0.15, -0.1) is 0 Å². The van der Waals surface area contributed by atoms with Crippen molar-refractivity contribution in [3.63, 3.8) is 0 Å². The zero-order chi connectivity index (χ0) is 21.2. The van der Waals surface area contributed by atoms with E-state index in [0.29, 0.717) is 25.5 Å². The van der Waals surface area contributed by atoms with Crippen molar-refractivity contribution in [3.05, 3.63) is 47.3 Å². The van der Waals surface area contributed by atoms with Crippen LogP contribution in [0, 0.1) is 13.8 Å². The lowest BCUT2D eigenvalue weighted by Gasteiger charge is -2.14. The van der Waals surface area contributed by atoms with Crippen molar-refractivity contribution in [3.8, 4) is 5.69 Å². The molecule has 2 aromatic rings. The number of carbonyl (C=O) groups excluding carboxylic acids is 1. The summed E-state index contributed by atoms with van der Waals surface area (Å²) in [6.45, 7) is 11.9. The second kappa shape index (κ2) is 11.2. The van der Waals surface area contributed by atoms with Crippen LogP contribution in [-0.2, 0) is 11.3 Å². The molecule has 1 heterocycles. The molecule has 0 aliphatic carbocycles.